The van der Waals surface area contributed by atoms with Crippen molar-refractivity contribution >= 4 is 11.9 Å². The number of amides is 1. The van der Waals surface area contributed by atoms with E-state index in [0.717, 1.165) is 24.8 Å². The van der Waals surface area contributed by atoms with E-state index < -0.39 is 11.5 Å². The molecule has 0 radical (unpaired) electrons. The Labute approximate surface area is 129 Å². The number of benzene rings is 1. The summed E-state index contributed by atoms with van der Waals surface area (Å²) in [4.78, 5) is 23.9. The number of fused-ring (bicyclic) bond motifs is 1. The zero-order chi connectivity index (χ0) is 15.6. The van der Waals surface area contributed by atoms with Gasteiger partial charge in [-0.05, 0) is 49.3 Å². The molecule has 1 amide bonds. The zero-order valence-electron chi connectivity index (χ0n) is 12.6. The van der Waals surface area contributed by atoms with Crippen LogP contribution in [0.3, 0.4) is 0 Å². The van der Waals surface area contributed by atoms with E-state index in [-0.39, 0.29) is 12.3 Å². The van der Waals surface area contributed by atoms with Gasteiger partial charge in [0.2, 0.25) is 0 Å². The normalized spacial score (nSPS) is 19.5. The highest BCUT2D eigenvalue weighted by atomic mass is 16.5. The van der Waals surface area contributed by atoms with Gasteiger partial charge in [-0.3, -0.25) is 9.59 Å². The number of carboxylic acids is 1. The smallest absolute Gasteiger partial charge is 0.305 e. The molecule has 2 aliphatic rings. The molecule has 1 saturated heterocycles. The molecule has 1 aliphatic heterocycles. The molecule has 0 atom stereocenters. The Balaban J connectivity index is 1.82. The van der Waals surface area contributed by atoms with Gasteiger partial charge in [-0.15, -0.1) is 0 Å². The molecule has 1 aromatic rings. The highest BCUT2D eigenvalue weighted by Crippen LogP contribution is 2.28. The fourth-order valence-corrected chi connectivity index (χ4v) is 3.54. The van der Waals surface area contributed by atoms with Crippen molar-refractivity contribution in [1.29, 1.82) is 0 Å². The third kappa shape index (κ3) is 2.99. The van der Waals surface area contributed by atoms with Crippen molar-refractivity contribution in [2.24, 2.45) is 0 Å². The van der Waals surface area contributed by atoms with E-state index >= 15 is 0 Å². The maximum Gasteiger partial charge on any atom is 0.305 e. The molecule has 1 heterocycles. The quantitative estimate of drug-likeness (QED) is 0.891. The zero-order valence-corrected chi connectivity index (χ0v) is 12.6. The van der Waals surface area contributed by atoms with Crippen LogP contribution in [-0.4, -0.2) is 35.7 Å². The maximum absolute atomic E-state index is 12.7. The minimum atomic E-state index is -0.888. The van der Waals surface area contributed by atoms with Crippen molar-refractivity contribution in [3.63, 3.8) is 0 Å². The molecule has 1 aliphatic carbocycles. The third-order valence-electron chi connectivity index (χ3n) is 4.71. The summed E-state index contributed by atoms with van der Waals surface area (Å²) in [7, 11) is 0. The molecule has 22 heavy (non-hydrogen) atoms. The standard InChI is InChI=1S/C17H21NO4/c19-15(20)11-17(7-9-22-10-8-17)18-16(21)14-6-2-4-12-3-1-5-13(12)14/h2,4,6H,1,3,5,7-11H2,(H,18,21)(H,19,20). The summed E-state index contributed by atoms with van der Waals surface area (Å²) in [6, 6.07) is 5.82. The van der Waals surface area contributed by atoms with Crippen LogP contribution in [0.1, 0.15) is 47.2 Å². The molecular weight excluding hydrogens is 282 g/mol. The van der Waals surface area contributed by atoms with Gasteiger partial charge in [0.25, 0.3) is 5.91 Å². The number of carboxylic acid groups (broad SMARTS) is 1. The molecule has 5 nitrogen and oxygen atoms in total. The second-order valence-electron chi connectivity index (χ2n) is 6.21. The predicted molar refractivity (Wildman–Crippen MR) is 81.0 cm³/mol. The molecule has 0 spiro atoms. The summed E-state index contributed by atoms with van der Waals surface area (Å²) in [5.41, 5.74) is 2.37. The Hall–Kier alpha value is -1.88. The third-order valence-corrected chi connectivity index (χ3v) is 4.71. The molecule has 3 rings (SSSR count). The molecule has 118 valence electrons. The second kappa shape index (κ2) is 6.08. The Kier molecular flexibility index (Phi) is 4.16. The number of aliphatic carboxylic acids is 1. The Morgan fingerprint density at radius 2 is 2.00 bits per heavy atom. The van der Waals surface area contributed by atoms with Gasteiger partial charge in [-0.2, -0.15) is 0 Å². The summed E-state index contributed by atoms with van der Waals surface area (Å²) in [5.74, 6) is -1.04. The highest BCUT2D eigenvalue weighted by molar-refractivity contribution is 5.97. The number of hydrogen-bond donors (Lipinski definition) is 2. The first-order valence-electron chi connectivity index (χ1n) is 7.82. The van der Waals surface area contributed by atoms with Gasteiger partial charge < -0.3 is 15.2 Å². The van der Waals surface area contributed by atoms with Crippen LogP contribution in [0.25, 0.3) is 0 Å². The topological polar surface area (TPSA) is 75.6 Å². The van der Waals surface area contributed by atoms with Crippen LogP contribution in [-0.2, 0) is 22.4 Å². The first-order chi connectivity index (χ1) is 10.6. The van der Waals surface area contributed by atoms with Gasteiger partial charge in [0, 0.05) is 18.8 Å². The Morgan fingerprint density at radius 1 is 1.23 bits per heavy atom. The van der Waals surface area contributed by atoms with Crippen LogP contribution in [0, 0.1) is 0 Å². The molecular formula is C17H21NO4. The van der Waals surface area contributed by atoms with E-state index in [1.807, 2.05) is 12.1 Å². The van der Waals surface area contributed by atoms with E-state index in [0.29, 0.717) is 31.6 Å². The van der Waals surface area contributed by atoms with Crippen molar-refractivity contribution in [2.45, 2.75) is 44.1 Å². The van der Waals surface area contributed by atoms with Gasteiger partial charge in [0.15, 0.2) is 0 Å². The lowest BCUT2D eigenvalue weighted by atomic mass is 9.86. The average Bonchev–Trinajstić information content (AvgIpc) is 2.95. The van der Waals surface area contributed by atoms with Crippen molar-refractivity contribution < 1.29 is 19.4 Å². The SMILES string of the molecule is O=C(O)CC1(NC(=O)c2cccc3c2CCC3)CCOCC1. The van der Waals surface area contributed by atoms with E-state index in [4.69, 9.17) is 4.74 Å². The lowest BCUT2D eigenvalue weighted by Crippen LogP contribution is -2.53. The summed E-state index contributed by atoms with van der Waals surface area (Å²) >= 11 is 0. The minimum absolute atomic E-state index is 0.0584. The monoisotopic (exact) mass is 303 g/mol. The second-order valence-corrected chi connectivity index (χ2v) is 6.21. The number of carbonyl (C=O) groups excluding carboxylic acids is 1. The van der Waals surface area contributed by atoms with Gasteiger partial charge >= 0.3 is 5.97 Å². The predicted octanol–water partition coefficient (Wildman–Crippen LogP) is 1.93. The van der Waals surface area contributed by atoms with Crippen LogP contribution >= 0.6 is 0 Å². The first kappa shape index (κ1) is 15.0. The number of rotatable bonds is 4. The van der Waals surface area contributed by atoms with Crippen LogP contribution in [0.5, 0.6) is 0 Å². The van der Waals surface area contributed by atoms with E-state index in [9.17, 15) is 14.7 Å². The van der Waals surface area contributed by atoms with Crippen molar-refractivity contribution in [2.75, 3.05) is 13.2 Å². The van der Waals surface area contributed by atoms with Gasteiger partial charge in [-0.25, -0.2) is 0 Å². The molecule has 0 bridgehead atoms. The first-order valence-corrected chi connectivity index (χ1v) is 7.82. The lowest BCUT2D eigenvalue weighted by molar-refractivity contribution is -0.139. The summed E-state index contributed by atoms with van der Waals surface area (Å²) in [6.07, 6.45) is 4.05. The number of ether oxygens (including phenoxy) is 1. The number of nitrogens with one attached hydrogen (secondary N) is 1. The van der Waals surface area contributed by atoms with E-state index in [2.05, 4.69) is 11.4 Å². The molecule has 2 N–H and O–H groups in total. The highest BCUT2D eigenvalue weighted by Gasteiger charge is 2.37. The summed E-state index contributed by atoms with van der Waals surface area (Å²) in [6.45, 7) is 0.973. The molecule has 5 heteroatoms. The minimum Gasteiger partial charge on any atom is -0.481 e. The largest absolute Gasteiger partial charge is 0.481 e. The van der Waals surface area contributed by atoms with Crippen LogP contribution in [0.15, 0.2) is 18.2 Å². The molecule has 0 aromatic heterocycles. The summed E-state index contributed by atoms with van der Waals surface area (Å²) in [5, 5.41) is 12.2. The van der Waals surface area contributed by atoms with Crippen molar-refractivity contribution in [1.82, 2.24) is 5.32 Å². The van der Waals surface area contributed by atoms with E-state index in [1.54, 1.807) is 0 Å². The maximum atomic E-state index is 12.7. The van der Waals surface area contributed by atoms with Crippen molar-refractivity contribution in [3.8, 4) is 0 Å². The van der Waals surface area contributed by atoms with Crippen molar-refractivity contribution in [3.05, 3.63) is 34.9 Å². The average molecular weight is 303 g/mol. The summed E-state index contributed by atoms with van der Waals surface area (Å²) < 4.78 is 5.32. The van der Waals surface area contributed by atoms with Gasteiger partial charge in [0.1, 0.15) is 0 Å². The molecule has 0 saturated carbocycles. The molecule has 1 fully saturated rings. The lowest BCUT2D eigenvalue weighted by Gasteiger charge is -2.37. The Morgan fingerprint density at radius 3 is 2.73 bits per heavy atom. The fraction of sp³-hybridized carbons (Fsp3) is 0.529. The number of carbonyl (C=O) groups is 2. The van der Waals surface area contributed by atoms with Gasteiger partial charge in [0.05, 0.1) is 12.0 Å². The number of aryl methyl sites for hydroxylation is 1. The van der Waals surface area contributed by atoms with Crippen LogP contribution in [0.2, 0.25) is 0 Å². The molecule has 0 unspecified atom stereocenters. The van der Waals surface area contributed by atoms with Gasteiger partial charge in [-0.1, -0.05) is 12.1 Å². The van der Waals surface area contributed by atoms with Crippen LogP contribution < -0.4 is 5.32 Å². The van der Waals surface area contributed by atoms with Crippen LogP contribution in [0.4, 0.5) is 0 Å². The Bertz CT molecular complexity index is 590. The fourth-order valence-electron chi connectivity index (χ4n) is 3.54. The number of hydrogen-bond acceptors (Lipinski definition) is 3. The molecule has 1 aromatic carbocycles. The van der Waals surface area contributed by atoms with E-state index in [1.165, 1.54) is 5.56 Å².